The lowest BCUT2D eigenvalue weighted by molar-refractivity contribution is -0.297. The van der Waals surface area contributed by atoms with Crippen molar-refractivity contribution in [3.05, 3.63) is 11.8 Å². The summed E-state index contributed by atoms with van der Waals surface area (Å²) in [6.07, 6.45) is -2.51. The van der Waals surface area contributed by atoms with Crippen LogP contribution in [-0.2, 0) is 19.0 Å². The number of ether oxygens (including phenoxy) is 3. The van der Waals surface area contributed by atoms with Crippen molar-refractivity contribution < 1.29 is 39.4 Å². The van der Waals surface area contributed by atoms with Crippen LogP contribution in [0.2, 0.25) is 0 Å². The van der Waals surface area contributed by atoms with Crippen LogP contribution in [0.15, 0.2) is 11.8 Å². The zero-order valence-corrected chi connectivity index (χ0v) is 24.7. The minimum atomic E-state index is -1.38. The van der Waals surface area contributed by atoms with Gasteiger partial charge in [-0.15, -0.1) is 0 Å². The number of rotatable bonds is 14. The van der Waals surface area contributed by atoms with Crippen molar-refractivity contribution in [1.29, 1.82) is 0 Å². The standard InChI is InChI=1S/C27H53N7O8/c1-27(39)13-40-26(21(37)24(27)32-2)42-23-17(34-25(38)18(35)7-9-29)11-16(31)19(20(23)36)22-15(30)6-5-14(41-22)12-33-10-4-3-8-28/h5,15-24,26,32-33,35-37,39H,3-4,6-13,28-31H2,1-2H3,(H,34,38)/t15-,16+,17-,18+,19?,20+,21-,22+,23+,24-,26-,27+/m1/s1. The van der Waals surface area contributed by atoms with Gasteiger partial charge in [-0.05, 0) is 71.8 Å². The van der Waals surface area contributed by atoms with Crippen LogP contribution in [0.3, 0.4) is 0 Å². The molecule has 244 valence electrons. The highest BCUT2D eigenvalue weighted by atomic mass is 16.7. The highest BCUT2D eigenvalue weighted by Crippen LogP contribution is 2.36. The molecule has 2 aliphatic heterocycles. The third-order valence-electron chi connectivity index (χ3n) is 8.46. The number of carbonyl (C=O) groups excluding carboxylic acids is 1. The van der Waals surface area contributed by atoms with E-state index >= 15 is 0 Å². The van der Waals surface area contributed by atoms with Gasteiger partial charge in [0.2, 0.25) is 5.91 Å². The number of hydrogen-bond donors (Lipinski definition) is 11. The van der Waals surface area contributed by atoms with E-state index in [4.69, 9.17) is 37.1 Å². The number of carbonyl (C=O) groups is 1. The summed E-state index contributed by atoms with van der Waals surface area (Å²) in [5, 5.41) is 52.6. The first kappa shape index (κ1) is 35.0. The molecule has 15 heteroatoms. The number of likely N-dealkylation sites (N-methyl/N-ethyl adjacent to an activating group) is 1. The van der Waals surface area contributed by atoms with Crippen molar-refractivity contribution in [2.75, 3.05) is 39.8 Å². The topological polar surface area (TPSA) is 266 Å². The molecule has 2 fully saturated rings. The summed E-state index contributed by atoms with van der Waals surface area (Å²) in [5.74, 6) is -0.691. The summed E-state index contributed by atoms with van der Waals surface area (Å²) in [4.78, 5) is 12.8. The first-order valence-electron chi connectivity index (χ1n) is 14.9. The molecular weight excluding hydrogens is 550 g/mol. The lowest BCUT2D eigenvalue weighted by atomic mass is 9.72. The van der Waals surface area contributed by atoms with Gasteiger partial charge in [-0.25, -0.2) is 0 Å². The van der Waals surface area contributed by atoms with Crippen LogP contribution in [0.1, 0.15) is 39.0 Å². The maximum Gasteiger partial charge on any atom is 0.249 e. The highest BCUT2D eigenvalue weighted by Gasteiger charge is 2.53. The van der Waals surface area contributed by atoms with E-state index in [1.807, 2.05) is 6.08 Å². The van der Waals surface area contributed by atoms with Crippen LogP contribution in [0.4, 0.5) is 0 Å². The molecule has 1 aliphatic carbocycles. The number of unbranched alkanes of at least 4 members (excludes halogenated alkanes) is 1. The van der Waals surface area contributed by atoms with E-state index in [9.17, 15) is 25.2 Å². The van der Waals surface area contributed by atoms with Gasteiger partial charge < -0.3 is 73.5 Å². The summed E-state index contributed by atoms with van der Waals surface area (Å²) in [6, 6.07) is -2.77. The van der Waals surface area contributed by atoms with Gasteiger partial charge in [-0.1, -0.05) is 0 Å². The molecule has 12 atom stereocenters. The number of amides is 1. The predicted octanol–water partition coefficient (Wildman–Crippen LogP) is -4.34. The Hall–Kier alpha value is -1.47. The van der Waals surface area contributed by atoms with Crippen molar-refractivity contribution in [1.82, 2.24) is 16.0 Å². The number of hydrogen-bond acceptors (Lipinski definition) is 14. The predicted molar refractivity (Wildman–Crippen MR) is 154 cm³/mol. The summed E-state index contributed by atoms with van der Waals surface area (Å²) in [7, 11) is 1.59. The molecular formula is C27H53N7O8. The lowest BCUT2D eigenvalue weighted by Gasteiger charge is -2.50. The van der Waals surface area contributed by atoms with Crippen molar-refractivity contribution in [3.63, 3.8) is 0 Å². The summed E-state index contributed by atoms with van der Waals surface area (Å²) < 4.78 is 18.1. The lowest BCUT2D eigenvalue weighted by Crippen LogP contribution is -2.69. The fraction of sp³-hybridized carbons (Fsp3) is 0.889. The van der Waals surface area contributed by atoms with Crippen LogP contribution in [0.5, 0.6) is 0 Å². The molecule has 15 N–H and O–H groups in total. The van der Waals surface area contributed by atoms with Gasteiger partial charge in [0.05, 0.1) is 31.3 Å². The molecule has 1 saturated carbocycles. The Bertz CT molecular complexity index is 883. The highest BCUT2D eigenvalue weighted by molar-refractivity contribution is 5.80. The Morgan fingerprint density at radius 1 is 1.19 bits per heavy atom. The minimum absolute atomic E-state index is 0.0465. The third-order valence-corrected chi connectivity index (χ3v) is 8.46. The second kappa shape index (κ2) is 16.0. The van der Waals surface area contributed by atoms with E-state index in [0.29, 0.717) is 25.3 Å². The van der Waals surface area contributed by atoms with Crippen molar-refractivity contribution in [2.45, 2.75) is 106 Å². The number of aliphatic hydroxyl groups excluding tert-OH is 3. The van der Waals surface area contributed by atoms with E-state index in [1.165, 1.54) is 6.92 Å². The maximum absolute atomic E-state index is 12.8. The Labute approximate surface area is 247 Å². The van der Waals surface area contributed by atoms with E-state index in [2.05, 4.69) is 16.0 Å². The molecule has 1 saturated heterocycles. The quantitative estimate of drug-likeness (QED) is 0.0839. The molecule has 0 aromatic carbocycles. The maximum atomic E-state index is 12.8. The first-order chi connectivity index (χ1) is 19.9. The van der Waals surface area contributed by atoms with Crippen LogP contribution in [-0.4, -0.2) is 133 Å². The molecule has 0 radical (unpaired) electrons. The molecule has 3 aliphatic rings. The monoisotopic (exact) mass is 603 g/mol. The number of aliphatic hydroxyl groups is 4. The Balaban J connectivity index is 1.80. The van der Waals surface area contributed by atoms with Crippen LogP contribution in [0, 0.1) is 5.92 Å². The SMILES string of the molecule is CN[C@@H]1[C@@H](O)[C@@H](O[C@H]2[C@H](NC(=O)[C@@H](O)CCN)C[C@H](N)C([C@H]3OC(CNCCCCN)=CC[C@H]3N)[C@@H]2O)OC[C@]1(C)O. The summed E-state index contributed by atoms with van der Waals surface area (Å²) >= 11 is 0. The smallest absolute Gasteiger partial charge is 0.249 e. The van der Waals surface area contributed by atoms with Crippen molar-refractivity contribution in [2.24, 2.45) is 28.9 Å². The molecule has 2 heterocycles. The first-order valence-corrected chi connectivity index (χ1v) is 14.9. The van der Waals surface area contributed by atoms with E-state index < -0.39 is 78.4 Å². The Morgan fingerprint density at radius 2 is 1.93 bits per heavy atom. The average molecular weight is 604 g/mol. The van der Waals surface area contributed by atoms with E-state index in [1.54, 1.807) is 7.05 Å². The zero-order valence-electron chi connectivity index (χ0n) is 24.7. The largest absolute Gasteiger partial charge is 0.492 e. The number of nitrogens with one attached hydrogen (secondary N) is 3. The van der Waals surface area contributed by atoms with Crippen LogP contribution < -0.4 is 38.9 Å². The molecule has 1 amide bonds. The van der Waals surface area contributed by atoms with Gasteiger partial charge in [0.15, 0.2) is 6.29 Å². The summed E-state index contributed by atoms with van der Waals surface area (Å²) in [5.41, 5.74) is 22.8. The van der Waals surface area contributed by atoms with Crippen LogP contribution in [0.25, 0.3) is 0 Å². The second-order valence-corrected chi connectivity index (χ2v) is 11.9. The molecule has 0 bridgehead atoms. The Morgan fingerprint density at radius 3 is 2.60 bits per heavy atom. The average Bonchev–Trinajstić information content (AvgIpc) is 2.93. The van der Waals surface area contributed by atoms with Gasteiger partial charge in [0.1, 0.15) is 35.8 Å². The third kappa shape index (κ3) is 8.58. The molecule has 1 unspecified atom stereocenters. The molecule has 0 aromatic rings. The van der Waals surface area contributed by atoms with Gasteiger partial charge in [0, 0.05) is 18.0 Å². The molecule has 15 nitrogen and oxygen atoms in total. The molecule has 3 rings (SSSR count). The fourth-order valence-electron chi connectivity index (χ4n) is 6.13. The summed E-state index contributed by atoms with van der Waals surface area (Å²) in [6.45, 7) is 3.37. The van der Waals surface area contributed by atoms with Gasteiger partial charge >= 0.3 is 0 Å². The van der Waals surface area contributed by atoms with E-state index in [0.717, 1.165) is 19.4 Å². The normalized spacial score (nSPS) is 39.7. The minimum Gasteiger partial charge on any atom is -0.492 e. The van der Waals surface area contributed by atoms with Crippen molar-refractivity contribution >= 4 is 5.91 Å². The number of nitrogens with two attached hydrogens (primary N) is 4. The van der Waals surface area contributed by atoms with Gasteiger partial charge in [0.25, 0.3) is 0 Å². The van der Waals surface area contributed by atoms with Crippen molar-refractivity contribution in [3.8, 4) is 0 Å². The van der Waals surface area contributed by atoms with Gasteiger partial charge in [-0.2, -0.15) is 0 Å². The second-order valence-electron chi connectivity index (χ2n) is 11.9. The molecule has 0 aromatic heterocycles. The molecule has 42 heavy (non-hydrogen) atoms. The fourth-order valence-corrected chi connectivity index (χ4v) is 6.13. The van der Waals surface area contributed by atoms with E-state index in [-0.39, 0.29) is 26.0 Å². The molecule has 0 spiro atoms. The zero-order chi connectivity index (χ0) is 31.0. The van der Waals surface area contributed by atoms with Gasteiger partial charge in [-0.3, -0.25) is 4.79 Å². The Kier molecular flexibility index (Phi) is 13.4. The van der Waals surface area contributed by atoms with Crippen LogP contribution >= 0.6 is 0 Å².